The van der Waals surface area contributed by atoms with Crippen molar-refractivity contribution in [3.8, 4) is 11.4 Å². The third kappa shape index (κ3) is 3.90. The fourth-order valence-corrected chi connectivity index (χ4v) is 3.47. The molecule has 0 fully saturated rings. The summed E-state index contributed by atoms with van der Waals surface area (Å²) in [6.45, 7) is 8.31. The van der Waals surface area contributed by atoms with E-state index in [-0.39, 0.29) is 0 Å². The Morgan fingerprint density at radius 2 is 1.65 bits per heavy atom. The maximum absolute atomic E-state index is 5.54. The van der Waals surface area contributed by atoms with Gasteiger partial charge >= 0.3 is 0 Å². The number of anilines is 1. The topological polar surface area (TPSA) is 72.9 Å². The monoisotopic (exact) mass is 372 g/mol. The van der Waals surface area contributed by atoms with Gasteiger partial charge < -0.3 is 13.9 Å². The van der Waals surface area contributed by atoms with Gasteiger partial charge in [0.05, 0.1) is 5.75 Å². The number of hydrogen-bond acceptors (Lipinski definition) is 7. The van der Waals surface area contributed by atoms with Gasteiger partial charge in [-0.25, -0.2) is 0 Å². The van der Waals surface area contributed by atoms with Gasteiger partial charge in [-0.2, -0.15) is 0 Å². The maximum Gasteiger partial charge on any atom is 0.226 e. The van der Waals surface area contributed by atoms with E-state index in [1.165, 1.54) is 17.4 Å². The van der Waals surface area contributed by atoms with E-state index >= 15 is 0 Å². The maximum atomic E-state index is 5.54. The molecule has 0 aliphatic heterocycles. The molecule has 8 heteroatoms. The summed E-state index contributed by atoms with van der Waals surface area (Å²) in [5.74, 6) is 2.70. The lowest BCUT2D eigenvalue weighted by Gasteiger charge is -2.21. The Labute approximate surface area is 157 Å². The Hall–Kier alpha value is -2.35. The zero-order valence-electron chi connectivity index (χ0n) is 15.6. The smallest absolute Gasteiger partial charge is 0.226 e. The number of thioether (sulfide) groups is 1. The van der Waals surface area contributed by atoms with Crippen molar-refractivity contribution in [1.29, 1.82) is 0 Å². The molecular weight excluding hydrogens is 348 g/mol. The molecule has 138 valence electrons. The zero-order chi connectivity index (χ0) is 18.5. The molecule has 0 saturated carbocycles. The lowest BCUT2D eigenvalue weighted by Crippen LogP contribution is -2.21. The highest BCUT2D eigenvalue weighted by molar-refractivity contribution is 7.98. The van der Waals surface area contributed by atoms with E-state index in [9.17, 15) is 0 Å². The molecule has 0 radical (unpaired) electrons. The van der Waals surface area contributed by atoms with Crippen LogP contribution in [0.4, 0.5) is 5.69 Å². The lowest BCUT2D eigenvalue weighted by atomic mass is 10.2. The highest BCUT2D eigenvalue weighted by atomic mass is 32.2. The first-order valence-corrected chi connectivity index (χ1v) is 9.83. The quantitative estimate of drug-likeness (QED) is 0.560. The van der Waals surface area contributed by atoms with Crippen LogP contribution in [0.25, 0.3) is 11.4 Å². The normalized spacial score (nSPS) is 11.1. The first kappa shape index (κ1) is 18.4. The van der Waals surface area contributed by atoms with Gasteiger partial charge in [0.1, 0.15) is 0 Å². The molecule has 3 aromatic rings. The summed E-state index contributed by atoms with van der Waals surface area (Å²) >= 11 is 1.54. The van der Waals surface area contributed by atoms with Crippen LogP contribution in [0.1, 0.15) is 32.6 Å². The lowest BCUT2D eigenvalue weighted by molar-refractivity contribution is 0.469. The summed E-state index contributed by atoms with van der Waals surface area (Å²) in [5, 5.41) is 17.5. The zero-order valence-corrected chi connectivity index (χ0v) is 16.5. The van der Waals surface area contributed by atoms with Gasteiger partial charge in [-0.15, -0.1) is 20.4 Å². The minimum atomic E-state index is 0.583. The van der Waals surface area contributed by atoms with Crippen LogP contribution < -0.4 is 4.90 Å². The summed E-state index contributed by atoms with van der Waals surface area (Å²) in [6, 6.07) is 8.46. The van der Waals surface area contributed by atoms with E-state index in [1.54, 1.807) is 0 Å². The minimum Gasteiger partial charge on any atom is -0.424 e. The van der Waals surface area contributed by atoms with E-state index < -0.39 is 0 Å². The molecule has 0 aliphatic carbocycles. The van der Waals surface area contributed by atoms with E-state index in [0.717, 1.165) is 36.1 Å². The summed E-state index contributed by atoms with van der Waals surface area (Å²) < 4.78 is 7.53. The fourth-order valence-electron chi connectivity index (χ4n) is 2.72. The number of nitrogens with zero attached hydrogens (tertiary/aromatic N) is 6. The van der Waals surface area contributed by atoms with Crippen molar-refractivity contribution in [3.63, 3.8) is 0 Å². The molecule has 0 spiro atoms. The van der Waals surface area contributed by atoms with Crippen LogP contribution in [0.15, 0.2) is 33.8 Å². The largest absolute Gasteiger partial charge is 0.424 e. The second kappa shape index (κ2) is 8.35. The third-order valence-corrected chi connectivity index (χ3v) is 5.23. The molecule has 0 amide bonds. The van der Waals surface area contributed by atoms with Crippen LogP contribution >= 0.6 is 11.8 Å². The van der Waals surface area contributed by atoms with Gasteiger partial charge in [-0.3, -0.25) is 0 Å². The van der Waals surface area contributed by atoms with Crippen LogP contribution in [0, 0.1) is 0 Å². The first-order chi connectivity index (χ1) is 12.7. The average Bonchev–Trinajstić information content (AvgIpc) is 3.28. The molecular formula is C18H24N6OS. The number of benzene rings is 1. The summed E-state index contributed by atoms with van der Waals surface area (Å²) in [7, 11) is 1.97. The molecule has 3 rings (SSSR count). The van der Waals surface area contributed by atoms with Crippen molar-refractivity contribution in [2.24, 2.45) is 7.05 Å². The number of rotatable bonds is 8. The fraction of sp³-hybridized carbons (Fsp3) is 0.444. The SMILES string of the molecule is CCc1nnc(CSc2nnc(-c3ccc(N(CC)CC)cc3)n2C)o1. The van der Waals surface area contributed by atoms with Crippen molar-refractivity contribution in [3.05, 3.63) is 36.0 Å². The van der Waals surface area contributed by atoms with Crippen molar-refractivity contribution in [2.75, 3.05) is 18.0 Å². The Morgan fingerprint density at radius 1 is 0.962 bits per heavy atom. The standard InChI is InChI=1S/C18H24N6OS/c1-5-15-19-20-16(25-15)12-26-18-22-21-17(23(18)4)13-8-10-14(11-9-13)24(6-2)7-3/h8-11H,5-7,12H2,1-4H3. The van der Waals surface area contributed by atoms with Crippen LogP contribution in [0.2, 0.25) is 0 Å². The highest BCUT2D eigenvalue weighted by Gasteiger charge is 2.13. The second-order valence-electron chi connectivity index (χ2n) is 5.82. The molecule has 0 unspecified atom stereocenters. The molecule has 0 atom stereocenters. The number of aryl methyl sites for hydroxylation is 1. The molecule has 2 heterocycles. The molecule has 0 bridgehead atoms. The van der Waals surface area contributed by atoms with Crippen LogP contribution in [0.3, 0.4) is 0 Å². The number of hydrogen-bond donors (Lipinski definition) is 0. The molecule has 0 N–H and O–H groups in total. The van der Waals surface area contributed by atoms with Crippen molar-refractivity contribution in [2.45, 2.75) is 38.1 Å². The van der Waals surface area contributed by atoms with Gasteiger partial charge in [0.2, 0.25) is 11.8 Å². The molecule has 2 aromatic heterocycles. The summed E-state index contributed by atoms with van der Waals surface area (Å²) in [6.07, 6.45) is 0.745. The van der Waals surface area contributed by atoms with Gasteiger partial charge in [0.15, 0.2) is 11.0 Å². The van der Waals surface area contributed by atoms with Crippen LogP contribution in [-0.2, 0) is 19.2 Å². The molecule has 0 aliphatic rings. The summed E-state index contributed by atoms with van der Waals surface area (Å²) in [5.41, 5.74) is 2.27. The minimum absolute atomic E-state index is 0.583. The van der Waals surface area contributed by atoms with Crippen molar-refractivity contribution >= 4 is 17.4 Å². The van der Waals surface area contributed by atoms with E-state index in [4.69, 9.17) is 4.42 Å². The Balaban J connectivity index is 1.71. The van der Waals surface area contributed by atoms with Gasteiger partial charge in [0, 0.05) is 37.8 Å². The van der Waals surface area contributed by atoms with Crippen LogP contribution in [0.5, 0.6) is 0 Å². The van der Waals surface area contributed by atoms with Crippen LogP contribution in [-0.4, -0.2) is 38.1 Å². The third-order valence-electron chi connectivity index (χ3n) is 4.22. The molecule has 0 saturated heterocycles. The van der Waals surface area contributed by atoms with E-state index in [0.29, 0.717) is 17.5 Å². The first-order valence-electron chi connectivity index (χ1n) is 8.85. The van der Waals surface area contributed by atoms with Gasteiger partial charge in [0.25, 0.3) is 0 Å². The van der Waals surface area contributed by atoms with E-state index in [1.807, 2.05) is 18.5 Å². The predicted octanol–water partition coefficient (Wildman–Crippen LogP) is 3.57. The Bertz CT molecular complexity index is 838. The van der Waals surface area contributed by atoms with Gasteiger partial charge in [-0.1, -0.05) is 18.7 Å². The van der Waals surface area contributed by atoms with Crippen molar-refractivity contribution < 1.29 is 4.42 Å². The van der Waals surface area contributed by atoms with Gasteiger partial charge in [-0.05, 0) is 38.1 Å². The van der Waals surface area contributed by atoms with Crippen molar-refractivity contribution in [1.82, 2.24) is 25.0 Å². The second-order valence-corrected chi connectivity index (χ2v) is 6.76. The van der Waals surface area contributed by atoms with E-state index in [2.05, 4.69) is 63.4 Å². The predicted molar refractivity (Wildman–Crippen MR) is 103 cm³/mol. The Morgan fingerprint density at radius 3 is 2.27 bits per heavy atom. The Kier molecular flexibility index (Phi) is 5.92. The average molecular weight is 372 g/mol. The molecule has 7 nitrogen and oxygen atoms in total. The molecule has 1 aromatic carbocycles. The highest BCUT2D eigenvalue weighted by Crippen LogP contribution is 2.26. The molecule has 26 heavy (non-hydrogen) atoms. The number of aromatic nitrogens is 5. The summed E-state index contributed by atoms with van der Waals surface area (Å²) in [4.78, 5) is 2.32.